The number of methoxy groups -OCH3 is 1. The first-order valence-electron chi connectivity index (χ1n) is 4.46. The maximum Gasteiger partial charge on any atom is 0.339 e. The molecule has 78 valence electrons. The summed E-state index contributed by atoms with van der Waals surface area (Å²) in [5, 5.41) is 1.43. The molecule has 0 aliphatic heterocycles. The van der Waals surface area contributed by atoms with Crippen molar-refractivity contribution >= 4 is 28.5 Å². The van der Waals surface area contributed by atoms with Crippen molar-refractivity contribution in [2.75, 3.05) is 7.11 Å². The van der Waals surface area contributed by atoms with Crippen molar-refractivity contribution in [1.29, 1.82) is 0 Å². The van der Waals surface area contributed by atoms with E-state index >= 15 is 0 Å². The van der Waals surface area contributed by atoms with Crippen LogP contribution in [0.3, 0.4) is 0 Å². The van der Waals surface area contributed by atoms with Crippen LogP contribution >= 0.6 is 11.6 Å². The molecule has 0 atom stereocenters. The zero-order chi connectivity index (χ0) is 11.0. The van der Waals surface area contributed by atoms with Crippen molar-refractivity contribution in [1.82, 2.24) is 4.57 Å². The Morgan fingerprint density at radius 1 is 1.47 bits per heavy atom. The van der Waals surface area contributed by atoms with E-state index in [0.29, 0.717) is 10.6 Å². The van der Waals surface area contributed by atoms with E-state index in [1.807, 2.05) is 23.9 Å². The van der Waals surface area contributed by atoms with Gasteiger partial charge in [0.25, 0.3) is 0 Å². The van der Waals surface area contributed by atoms with Gasteiger partial charge in [0.1, 0.15) is 0 Å². The zero-order valence-corrected chi connectivity index (χ0v) is 9.21. The Balaban J connectivity index is 2.70. The second-order valence-corrected chi connectivity index (χ2v) is 3.72. The van der Waals surface area contributed by atoms with Crippen LogP contribution in [0.1, 0.15) is 10.4 Å². The first kappa shape index (κ1) is 10.1. The van der Waals surface area contributed by atoms with Gasteiger partial charge in [0.15, 0.2) is 0 Å². The van der Waals surface area contributed by atoms with Gasteiger partial charge in [-0.15, -0.1) is 0 Å². The van der Waals surface area contributed by atoms with E-state index in [0.717, 1.165) is 10.9 Å². The number of aromatic nitrogens is 1. The lowest BCUT2D eigenvalue weighted by Crippen LogP contribution is -2.02. The molecule has 0 unspecified atom stereocenters. The summed E-state index contributed by atoms with van der Waals surface area (Å²) in [6.07, 6.45) is 1.92. The summed E-state index contributed by atoms with van der Waals surface area (Å²) in [4.78, 5) is 11.4. The Morgan fingerprint density at radius 2 is 2.20 bits per heavy atom. The molecule has 1 aromatic heterocycles. The number of halogens is 1. The molecule has 0 amide bonds. The number of carbonyl (C=O) groups is 1. The van der Waals surface area contributed by atoms with Crippen molar-refractivity contribution in [3.8, 4) is 0 Å². The molecular formula is C11H10ClNO2. The first-order chi connectivity index (χ1) is 7.13. The predicted octanol–water partition coefficient (Wildman–Crippen LogP) is 2.62. The van der Waals surface area contributed by atoms with Crippen molar-refractivity contribution in [2.24, 2.45) is 7.05 Å². The Bertz CT molecular complexity index is 531. The number of aryl methyl sites for hydroxylation is 1. The maximum atomic E-state index is 11.4. The van der Waals surface area contributed by atoms with Gasteiger partial charge < -0.3 is 9.30 Å². The van der Waals surface area contributed by atoms with E-state index in [1.54, 1.807) is 12.1 Å². The van der Waals surface area contributed by atoms with Gasteiger partial charge in [0.2, 0.25) is 0 Å². The predicted molar refractivity (Wildman–Crippen MR) is 59.3 cm³/mol. The standard InChI is InChI=1S/C11H10ClNO2/c1-13-4-3-7-5-9(12)8(6-10(7)13)11(14)15-2/h3-6H,1-2H3. The summed E-state index contributed by atoms with van der Waals surface area (Å²) in [6.45, 7) is 0. The van der Waals surface area contributed by atoms with Crippen molar-refractivity contribution in [2.45, 2.75) is 0 Å². The molecule has 0 spiro atoms. The summed E-state index contributed by atoms with van der Waals surface area (Å²) >= 11 is 5.98. The molecule has 0 aliphatic carbocycles. The smallest absolute Gasteiger partial charge is 0.339 e. The number of rotatable bonds is 1. The quantitative estimate of drug-likeness (QED) is 0.696. The number of hydrogen-bond acceptors (Lipinski definition) is 2. The number of ether oxygens (including phenoxy) is 1. The molecule has 0 saturated carbocycles. The number of fused-ring (bicyclic) bond motifs is 1. The summed E-state index contributed by atoms with van der Waals surface area (Å²) < 4.78 is 6.58. The van der Waals surface area contributed by atoms with Crippen LogP contribution in [-0.4, -0.2) is 17.6 Å². The van der Waals surface area contributed by atoms with Crippen LogP contribution in [0.2, 0.25) is 5.02 Å². The molecule has 0 saturated heterocycles. The highest BCUT2D eigenvalue weighted by Crippen LogP contribution is 2.24. The van der Waals surface area contributed by atoms with Gasteiger partial charge in [0, 0.05) is 24.1 Å². The van der Waals surface area contributed by atoms with E-state index < -0.39 is 5.97 Å². The minimum Gasteiger partial charge on any atom is -0.465 e. The van der Waals surface area contributed by atoms with Crippen molar-refractivity contribution in [3.63, 3.8) is 0 Å². The first-order valence-corrected chi connectivity index (χ1v) is 4.84. The summed E-state index contributed by atoms with van der Waals surface area (Å²) in [5.74, 6) is -0.414. The summed E-state index contributed by atoms with van der Waals surface area (Å²) in [6, 6.07) is 5.45. The highest BCUT2D eigenvalue weighted by molar-refractivity contribution is 6.34. The Morgan fingerprint density at radius 3 is 2.87 bits per heavy atom. The van der Waals surface area contributed by atoms with Gasteiger partial charge in [-0.1, -0.05) is 11.6 Å². The van der Waals surface area contributed by atoms with E-state index in [4.69, 9.17) is 11.6 Å². The summed E-state index contributed by atoms with van der Waals surface area (Å²) in [7, 11) is 3.26. The van der Waals surface area contributed by atoms with Crippen molar-refractivity contribution in [3.05, 3.63) is 35.0 Å². The maximum absolute atomic E-state index is 11.4. The molecule has 0 bridgehead atoms. The van der Waals surface area contributed by atoms with E-state index in [2.05, 4.69) is 4.74 Å². The third kappa shape index (κ3) is 1.59. The molecule has 15 heavy (non-hydrogen) atoms. The minimum atomic E-state index is -0.414. The van der Waals surface area contributed by atoms with Crippen LogP contribution in [0.15, 0.2) is 24.4 Å². The van der Waals surface area contributed by atoms with E-state index in [-0.39, 0.29) is 0 Å². The number of esters is 1. The Kier molecular flexibility index (Phi) is 2.40. The molecule has 3 nitrogen and oxygen atoms in total. The largest absolute Gasteiger partial charge is 0.465 e. The van der Waals surface area contributed by atoms with Gasteiger partial charge in [-0.25, -0.2) is 4.79 Å². The lowest BCUT2D eigenvalue weighted by atomic mass is 10.1. The van der Waals surface area contributed by atoms with Gasteiger partial charge in [-0.05, 0) is 18.2 Å². The van der Waals surface area contributed by atoms with Crippen LogP contribution in [0.4, 0.5) is 0 Å². The average Bonchev–Trinajstić information content (AvgIpc) is 2.58. The number of benzene rings is 1. The topological polar surface area (TPSA) is 31.2 Å². The molecule has 1 aromatic carbocycles. The van der Waals surface area contributed by atoms with Crippen LogP contribution in [0.5, 0.6) is 0 Å². The van der Waals surface area contributed by atoms with Crippen LogP contribution < -0.4 is 0 Å². The fourth-order valence-corrected chi connectivity index (χ4v) is 1.80. The summed E-state index contributed by atoms with van der Waals surface area (Å²) in [5.41, 5.74) is 1.35. The number of nitrogens with zero attached hydrogens (tertiary/aromatic N) is 1. The van der Waals surface area contributed by atoms with Crippen LogP contribution in [-0.2, 0) is 11.8 Å². The normalized spacial score (nSPS) is 10.6. The van der Waals surface area contributed by atoms with Gasteiger partial charge in [0.05, 0.1) is 17.7 Å². The molecule has 1 heterocycles. The van der Waals surface area contributed by atoms with Crippen LogP contribution in [0.25, 0.3) is 10.9 Å². The van der Waals surface area contributed by atoms with E-state index in [1.165, 1.54) is 7.11 Å². The molecule has 0 radical (unpaired) electrons. The minimum absolute atomic E-state index is 0.397. The molecular weight excluding hydrogens is 214 g/mol. The third-order valence-electron chi connectivity index (χ3n) is 2.38. The Hall–Kier alpha value is -1.48. The second kappa shape index (κ2) is 3.59. The molecule has 0 aliphatic rings. The van der Waals surface area contributed by atoms with Crippen molar-refractivity contribution < 1.29 is 9.53 Å². The highest BCUT2D eigenvalue weighted by Gasteiger charge is 2.12. The lowest BCUT2D eigenvalue weighted by molar-refractivity contribution is 0.0601. The van der Waals surface area contributed by atoms with Gasteiger partial charge in [-0.2, -0.15) is 0 Å². The van der Waals surface area contributed by atoms with Crippen LogP contribution in [0, 0.1) is 0 Å². The van der Waals surface area contributed by atoms with Gasteiger partial charge >= 0.3 is 5.97 Å². The molecule has 4 heteroatoms. The number of carbonyl (C=O) groups excluding carboxylic acids is 1. The fourth-order valence-electron chi connectivity index (χ4n) is 1.55. The zero-order valence-electron chi connectivity index (χ0n) is 8.45. The molecule has 2 aromatic rings. The average molecular weight is 224 g/mol. The van der Waals surface area contributed by atoms with E-state index in [9.17, 15) is 4.79 Å². The number of hydrogen-bond donors (Lipinski definition) is 0. The SMILES string of the molecule is COC(=O)c1cc2c(ccn2C)cc1Cl. The third-order valence-corrected chi connectivity index (χ3v) is 2.69. The Labute approximate surface area is 92.2 Å². The second-order valence-electron chi connectivity index (χ2n) is 3.31. The monoisotopic (exact) mass is 223 g/mol. The highest BCUT2D eigenvalue weighted by atomic mass is 35.5. The molecule has 0 fully saturated rings. The molecule has 2 rings (SSSR count). The van der Waals surface area contributed by atoms with Gasteiger partial charge in [-0.3, -0.25) is 0 Å². The molecule has 0 N–H and O–H groups in total. The lowest BCUT2D eigenvalue weighted by Gasteiger charge is -2.03. The fraction of sp³-hybridized carbons (Fsp3) is 0.182.